The minimum atomic E-state index is -4.50. The molecule has 0 fully saturated rings. The molecule has 0 spiro atoms. The molecule has 3 rings (SSSR count). The summed E-state index contributed by atoms with van der Waals surface area (Å²) in [5.74, 6) is -0.257. The van der Waals surface area contributed by atoms with Crippen molar-refractivity contribution in [3.63, 3.8) is 0 Å². The molecular weight excluding hydrogens is 463 g/mol. The highest BCUT2D eigenvalue weighted by Crippen LogP contribution is 2.29. The van der Waals surface area contributed by atoms with Gasteiger partial charge in [0.05, 0.1) is 24.9 Å². The summed E-state index contributed by atoms with van der Waals surface area (Å²) < 4.78 is 51.1. The number of ether oxygens (including phenoxy) is 1. The Kier molecular flexibility index (Phi) is 8.75. The zero-order valence-corrected chi connectivity index (χ0v) is 19.6. The maximum Gasteiger partial charge on any atom is 0.416 e. The number of aryl methyl sites for hydroxylation is 1. The van der Waals surface area contributed by atoms with Gasteiger partial charge in [0.1, 0.15) is 12.3 Å². The van der Waals surface area contributed by atoms with Crippen molar-refractivity contribution in [2.24, 2.45) is 7.05 Å². The number of methoxy groups -OCH3 is 1. The minimum Gasteiger partial charge on any atom is -0.467 e. The van der Waals surface area contributed by atoms with Crippen LogP contribution in [0.4, 0.5) is 13.2 Å². The standard InChI is InChI=1S/C25H28F3N3O4/c1-29-12-3-6-21(29)16-31(17-22-7-4-15-35-22)23(32)18-30(13-5-14-34-2)24(33)19-8-10-20(11-9-19)25(26,27)28/h3-4,6-12,15H,5,13-14,16-18H2,1-2H3. The number of nitrogens with zero attached hydrogens (tertiary/aromatic N) is 3. The Bertz CT molecular complexity index is 1090. The zero-order chi connectivity index (χ0) is 25.4. The highest BCUT2D eigenvalue weighted by molar-refractivity contribution is 5.96. The molecule has 35 heavy (non-hydrogen) atoms. The predicted octanol–water partition coefficient (Wildman–Crippen LogP) is 4.34. The first-order valence-electron chi connectivity index (χ1n) is 11.0. The molecule has 2 aromatic heterocycles. The van der Waals surface area contributed by atoms with Gasteiger partial charge in [-0.25, -0.2) is 0 Å². The van der Waals surface area contributed by atoms with Crippen LogP contribution in [0.15, 0.2) is 65.4 Å². The van der Waals surface area contributed by atoms with Crippen molar-refractivity contribution in [1.82, 2.24) is 14.4 Å². The van der Waals surface area contributed by atoms with Crippen LogP contribution in [0, 0.1) is 0 Å². The second-order valence-corrected chi connectivity index (χ2v) is 8.09. The van der Waals surface area contributed by atoms with Gasteiger partial charge in [0, 0.05) is 44.8 Å². The first-order valence-corrected chi connectivity index (χ1v) is 11.0. The van der Waals surface area contributed by atoms with Crippen molar-refractivity contribution in [2.75, 3.05) is 26.8 Å². The average molecular weight is 492 g/mol. The lowest BCUT2D eigenvalue weighted by atomic mass is 10.1. The molecule has 2 amide bonds. The Balaban J connectivity index is 1.80. The Labute approximate surface area is 201 Å². The molecule has 7 nitrogen and oxygen atoms in total. The summed E-state index contributed by atoms with van der Waals surface area (Å²) in [7, 11) is 3.40. The molecule has 0 aliphatic carbocycles. The van der Waals surface area contributed by atoms with Gasteiger partial charge in [0.2, 0.25) is 5.91 Å². The predicted molar refractivity (Wildman–Crippen MR) is 122 cm³/mol. The number of carbonyl (C=O) groups is 2. The van der Waals surface area contributed by atoms with Gasteiger partial charge >= 0.3 is 6.18 Å². The molecule has 0 aliphatic rings. The second-order valence-electron chi connectivity index (χ2n) is 8.09. The van der Waals surface area contributed by atoms with Gasteiger partial charge in [-0.2, -0.15) is 13.2 Å². The number of furan rings is 1. The molecule has 0 bridgehead atoms. The Morgan fingerprint density at radius 3 is 2.34 bits per heavy atom. The number of amides is 2. The quantitative estimate of drug-likeness (QED) is 0.374. The summed E-state index contributed by atoms with van der Waals surface area (Å²) in [4.78, 5) is 29.4. The first kappa shape index (κ1) is 26.1. The van der Waals surface area contributed by atoms with Crippen LogP contribution < -0.4 is 0 Å². The van der Waals surface area contributed by atoms with E-state index in [0.717, 1.165) is 30.0 Å². The lowest BCUT2D eigenvalue weighted by Crippen LogP contribution is -2.43. The second kappa shape index (κ2) is 11.7. The molecule has 0 aliphatic heterocycles. The number of halogens is 3. The van der Waals surface area contributed by atoms with Crippen molar-refractivity contribution in [3.05, 3.63) is 83.6 Å². The van der Waals surface area contributed by atoms with E-state index in [1.165, 1.54) is 18.3 Å². The van der Waals surface area contributed by atoms with E-state index in [0.29, 0.717) is 25.3 Å². The van der Waals surface area contributed by atoms with Crippen LogP contribution in [0.3, 0.4) is 0 Å². The van der Waals surface area contributed by atoms with E-state index in [-0.39, 0.29) is 31.1 Å². The molecule has 188 valence electrons. The summed E-state index contributed by atoms with van der Waals surface area (Å²) in [5, 5.41) is 0. The van der Waals surface area contributed by atoms with E-state index in [9.17, 15) is 22.8 Å². The third kappa shape index (κ3) is 7.22. The number of alkyl halides is 3. The van der Waals surface area contributed by atoms with E-state index in [1.54, 1.807) is 17.0 Å². The van der Waals surface area contributed by atoms with E-state index in [1.807, 2.05) is 29.9 Å². The maximum absolute atomic E-state index is 13.4. The normalized spacial score (nSPS) is 11.5. The third-order valence-corrected chi connectivity index (χ3v) is 5.53. The fourth-order valence-electron chi connectivity index (χ4n) is 3.58. The Morgan fingerprint density at radius 1 is 1.03 bits per heavy atom. The molecule has 2 heterocycles. The fourth-order valence-corrected chi connectivity index (χ4v) is 3.58. The zero-order valence-electron chi connectivity index (χ0n) is 19.6. The lowest BCUT2D eigenvalue weighted by Gasteiger charge is -2.27. The monoisotopic (exact) mass is 491 g/mol. The van der Waals surface area contributed by atoms with Gasteiger partial charge in [-0.05, 0) is 55.0 Å². The molecule has 3 aromatic rings. The molecule has 0 saturated carbocycles. The van der Waals surface area contributed by atoms with Crippen molar-refractivity contribution in [1.29, 1.82) is 0 Å². The van der Waals surface area contributed by atoms with Gasteiger partial charge in [-0.15, -0.1) is 0 Å². The number of rotatable bonds is 11. The third-order valence-electron chi connectivity index (χ3n) is 5.53. The molecule has 0 N–H and O–H groups in total. The Hall–Kier alpha value is -3.53. The van der Waals surface area contributed by atoms with Gasteiger partial charge in [-0.3, -0.25) is 9.59 Å². The number of carbonyl (C=O) groups excluding carboxylic acids is 2. The number of hydrogen-bond donors (Lipinski definition) is 0. The molecule has 0 saturated heterocycles. The van der Waals surface area contributed by atoms with Crippen molar-refractivity contribution in [2.45, 2.75) is 25.7 Å². The molecule has 1 aromatic carbocycles. The number of benzene rings is 1. The van der Waals surface area contributed by atoms with Gasteiger partial charge in [0.25, 0.3) is 5.91 Å². The van der Waals surface area contributed by atoms with Crippen LogP contribution in [0.2, 0.25) is 0 Å². The van der Waals surface area contributed by atoms with E-state index in [2.05, 4.69) is 0 Å². The SMILES string of the molecule is COCCCN(CC(=O)N(Cc1ccco1)Cc1cccn1C)C(=O)c1ccc(C(F)(F)F)cc1. The average Bonchev–Trinajstić information content (AvgIpc) is 3.49. The highest BCUT2D eigenvalue weighted by atomic mass is 19.4. The largest absolute Gasteiger partial charge is 0.467 e. The van der Waals surface area contributed by atoms with Crippen LogP contribution in [0.25, 0.3) is 0 Å². The molecule has 10 heteroatoms. The molecular formula is C25H28F3N3O4. The molecule has 0 radical (unpaired) electrons. The van der Waals surface area contributed by atoms with Crippen LogP contribution in [0.5, 0.6) is 0 Å². The van der Waals surface area contributed by atoms with Crippen LogP contribution in [-0.2, 0) is 35.8 Å². The topological polar surface area (TPSA) is 67.9 Å². The van der Waals surface area contributed by atoms with Crippen molar-refractivity contribution >= 4 is 11.8 Å². The fraction of sp³-hybridized carbons (Fsp3) is 0.360. The van der Waals surface area contributed by atoms with Gasteiger partial charge in [-0.1, -0.05) is 0 Å². The van der Waals surface area contributed by atoms with Crippen LogP contribution in [-0.4, -0.2) is 53.0 Å². The number of aromatic nitrogens is 1. The van der Waals surface area contributed by atoms with Gasteiger partial charge in [0.15, 0.2) is 0 Å². The van der Waals surface area contributed by atoms with Crippen molar-refractivity contribution < 1.29 is 31.9 Å². The summed E-state index contributed by atoms with van der Waals surface area (Å²) in [5.41, 5.74) is 0.122. The van der Waals surface area contributed by atoms with E-state index in [4.69, 9.17) is 9.15 Å². The Morgan fingerprint density at radius 2 is 1.77 bits per heavy atom. The molecule has 0 atom stereocenters. The van der Waals surface area contributed by atoms with E-state index < -0.39 is 17.6 Å². The van der Waals surface area contributed by atoms with Gasteiger partial charge < -0.3 is 23.5 Å². The number of hydrogen-bond acceptors (Lipinski definition) is 4. The summed E-state index contributed by atoms with van der Waals surface area (Å²) in [6, 6.07) is 11.2. The smallest absolute Gasteiger partial charge is 0.416 e. The van der Waals surface area contributed by atoms with E-state index >= 15 is 0 Å². The lowest BCUT2D eigenvalue weighted by molar-refractivity contribution is -0.137. The first-order chi connectivity index (χ1) is 16.7. The van der Waals surface area contributed by atoms with Crippen molar-refractivity contribution in [3.8, 4) is 0 Å². The minimum absolute atomic E-state index is 0.0724. The highest BCUT2D eigenvalue weighted by Gasteiger charge is 2.31. The van der Waals surface area contributed by atoms with Crippen LogP contribution >= 0.6 is 0 Å². The summed E-state index contributed by atoms with van der Waals surface area (Å²) in [6.45, 7) is 0.831. The summed E-state index contributed by atoms with van der Waals surface area (Å²) in [6.07, 6.45) is -0.646. The summed E-state index contributed by atoms with van der Waals surface area (Å²) >= 11 is 0. The molecule has 0 unspecified atom stereocenters. The van der Waals surface area contributed by atoms with Crippen LogP contribution in [0.1, 0.15) is 33.8 Å². The maximum atomic E-state index is 13.4.